The lowest BCUT2D eigenvalue weighted by molar-refractivity contribution is 0.410. The minimum Gasteiger partial charge on any atom is -0.204 e. The van der Waals surface area contributed by atoms with Crippen molar-refractivity contribution < 1.29 is 35.1 Å². The molecular formula is C19H8F8. The minimum atomic E-state index is -2.04. The molecular weight excluding hydrogens is 380 g/mol. The van der Waals surface area contributed by atoms with Gasteiger partial charge in [0.25, 0.3) is 0 Å². The second-order valence-electron chi connectivity index (χ2n) is 5.73. The fourth-order valence-electron chi connectivity index (χ4n) is 2.63. The Balaban J connectivity index is 2.27. The second-order valence-corrected chi connectivity index (χ2v) is 5.73. The van der Waals surface area contributed by atoms with Gasteiger partial charge in [-0.3, -0.25) is 0 Å². The van der Waals surface area contributed by atoms with Crippen LogP contribution in [0.15, 0.2) is 30.3 Å². The van der Waals surface area contributed by atoms with Gasteiger partial charge >= 0.3 is 0 Å². The summed E-state index contributed by atoms with van der Waals surface area (Å²) in [6.45, 7) is 1.42. The maximum absolute atomic E-state index is 14.1. The van der Waals surface area contributed by atoms with Gasteiger partial charge in [0.1, 0.15) is 0 Å². The largest absolute Gasteiger partial charge is 0.204 e. The Morgan fingerprint density at radius 2 is 0.963 bits per heavy atom. The number of aryl methyl sites for hydroxylation is 1. The Bertz CT molecular complexity index is 1070. The van der Waals surface area contributed by atoms with Crippen molar-refractivity contribution in [2.24, 2.45) is 0 Å². The summed E-state index contributed by atoms with van der Waals surface area (Å²) in [4.78, 5) is 0. The summed E-state index contributed by atoms with van der Waals surface area (Å²) in [5.41, 5.74) is -1.49. The van der Waals surface area contributed by atoms with Crippen LogP contribution < -0.4 is 0 Å². The highest BCUT2D eigenvalue weighted by molar-refractivity contribution is 5.76. The van der Waals surface area contributed by atoms with Crippen LogP contribution in [0.4, 0.5) is 35.1 Å². The van der Waals surface area contributed by atoms with Crippen molar-refractivity contribution in [1.82, 2.24) is 0 Å². The van der Waals surface area contributed by atoms with Gasteiger partial charge in [-0.25, -0.2) is 35.1 Å². The first-order valence-electron chi connectivity index (χ1n) is 7.40. The van der Waals surface area contributed by atoms with Gasteiger partial charge in [0.15, 0.2) is 46.5 Å². The molecule has 0 bridgehead atoms. The van der Waals surface area contributed by atoms with Crippen molar-refractivity contribution in [3.05, 3.63) is 82.4 Å². The molecule has 3 aromatic carbocycles. The lowest BCUT2D eigenvalue weighted by Gasteiger charge is -2.13. The van der Waals surface area contributed by atoms with E-state index in [2.05, 4.69) is 0 Å². The molecule has 0 atom stereocenters. The zero-order valence-electron chi connectivity index (χ0n) is 13.4. The third kappa shape index (κ3) is 3.05. The van der Waals surface area contributed by atoms with Gasteiger partial charge in [0, 0.05) is 11.1 Å². The van der Waals surface area contributed by atoms with E-state index >= 15 is 0 Å². The first kappa shape index (κ1) is 18.9. The zero-order valence-corrected chi connectivity index (χ0v) is 13.4. The highest BCUT2D eigenvalue weighted by atomic mass is 19.2. The monoisotopic (exact) mass is 388 g/mol. The van der Waals surface area contributed by atoms with Crippen molar-refractivity contribution in [2.75, 3.05) is 0 Å². The van der Waals surface area contributed by atoms with E-state index in [0.29, 0.717) is 12.1 Å². The van der Waals surface area contributed by atoms with Gasteiger partial charge < -0.3 is 0 Å². The molecule has 0 aliphatic carbocycles. The Labute approximate surface area is 147 Å². The van der Waals surface area contributed by atoms with Crippen molar-refractivity contribution in [1.29, 1.82) is 0 Å². The molecule has 0 amide bonds. The first-order valence-corrected chi connectivity index (χ1v) is 7.40. The predicted octanol–water partition coefficient (Wildman–Crippen LogP) is 6.44. The molecule has 0 N–H and O–H groups in total. The third-order valence-corrected chi connectivity index (χ3v) is 4.04. The van der Waals surface area contributed by atoms with E-state index in [0.717, 1.165) is 6.07 Å². The van der Waals surface area contributed by atoms with Gasteiger partial charge in [0.2, 0.25) is 0 Å². The number of halogens is 8. The summed E-state index contributed by atoms with van der Waals surface area (Å²) in [5, 5.41) is 0. The number of hydrogen-bond donors (Lipinski definition) is 0. The van der Waals surface area contributed by atoms with Crippen LogP contribution >= 0.6 is 0 Å². The molecule has 0 aromatic heterocycles. The summed E-state index contributed by atoms with van der Waals surface area (Å²) < 4.78 is 108. The summed E-state index contributed by atoms with van der Waals surface area (Å²) in [6, 6.07) is 4.26. The summed E-state index contributed by atoms with van der Waals surface area (Å²) in [7, 11) is 0. The van der Waals surface area contributed by atoms with Crippen LogP contribution in [0, 0.1) is 53.5 Å². The van der Waals surface area contributed by atoms with Crippen molar-refractivity contribution >= 4 is 0 Å². The number of rotatable bonds is 2. The molecule has 27 heavy (non-hydrogen) atoms. The van der Waals surface area contributed by atoms with E-state index in [4.69, 9.17) is 0 Å². The van der Waals surface area contributed by atoms with Crippen molar-refractivity contribution in [2.45, 2.75) is 6.92 Å². The normalized spacial score (nSPS) is 11.1. The Hall–Kier alpha value is -2.90. The van der Waals surface area contributed by atoms with Crippen molar-refractivity contribution in [3.8, 4) is 22.3 Å². The quantitative estimate of drug-likeness (QED) is 0.269. The highest BCUT2D eigenvalue weighted by Gasteiger charge is 2.23. The van der Waals surface area contributed by atoms with Crippen LogP contribution in [-0.2, 0) is 0 Å². The van der Waals surface area contributed by atoms with Crippen LogP contribution in [0.5, 0.6) is 0 Å². The molecule has 140 valence electrons. The minimum absolute atomic E-state index is 0.174. The molecule has 0 saturated heterocycles. The molecule has 0 aliphatic heterocycles. The summed E-state index contributed by atoms with van der Waals surface area (Å²) >= 11 is 0. The van der Waals surface area contributed by atoms with Gasteiger partial charge in [-0.1, -0.05) is 12.1 Å². The highest BCUT2D eigenvalue weighted by Crippen LogP contribution is 2.35. The Morgan fingerprint density at radius 3 is 1.52 bits per heavy atom. The second kappa shape index (κ2) is 6.68. The molecule has 0 saturated carbocycles. The maximum Gasteiger partial charge on any atom is 0.198 e. The topological polar surface area (TPSA) is 0 Å². The van der Waals surface area contributed by atoms with E-state index < -0.39 is 57.7 Å². The SMILES string of the molecule is Cc1ccc(-c2cc(F)c(F)c(F)c2F)cc1-c1cc(F)c(F)c(F)c1F. The van der Waals surface area contributed by atoms with Gasteiger partial charge in [0.05, 0.1) is 0 Å². The molecule has 0 fully saturated rings. The van der Waals surface area contributed by atoms with Crippen LogP contribution in [0.1, 0.15) is 5.56 Å². The van der Waals surface area contributed by atoms with Crippen LogP contribution in [0.25, 0.3) is 22.3 Å². The molecule has 0 nitrogen and oxygen atoms in total. The van der Waals surface area contributed by atoms with E-state index in [1.54, 1.807) is 0 Å². The molecule has 0 aliphatic rings. The molecule has 0 unspecified atom stereocenters. The molecule has 0 heterocycles. The standard InChI is InChI=1S/C19H8F8/c1-7-2-3-8(10-5-12(20)16(24)18(26)14(10)22)4-9(7)11-6-13(21)17(25)19(27)15(11)23/h2-6H,1H3. The van der Waals surface area contributed by atoms with Gasteiger partial charge in [-0.2, -0.15) is 0 Å². The zero-order chi connectivity index (χ0) is 20.0. The van der Waals surface area contributed by atoms with Gasteiger partial charge in [-0.05, 0) is 41.8 Å². The van der Waals surface area contributed by atoms with Crippen molar-refractivity contribution in [3.63, 3.8) is 0 Å². The van der Waals surface area contributed by atoms with E-state index in [9.17, 15) is 35.1 Å². The third-order valence-electron chi connectivity index (χ3n) is 4.04. The van der Waals surface area contributed by atoms with Crippen LogP contribution in [0.3, 0.4) is 0 Å². The number of hydrogen-bond acceptors (Lipinski definition) is 0. The predicted molar refractivity (Wildman–Crippen MR) is 81.7 cm³/mol. The molecule has 3 rings (SSSR count). The summed E-state index contributed by atoms with van der Waals surface area (Å²) in [6.07, 6.45) is 0. The first-order chi connectivity index (χ1) is 12.6. The molecule has 3 aromatic rings. The number of benzene rings is 3. The van der Waals surface area contributed by atoms with E-state index in [-0.39, 0.29) is 16.7 Å². The van der Waals surface area contributed by atoms with Crippen LogP contribution in [-0.4, -0.2) is 0 Å². The molecule has 8 heteroatoms. The fraction of sp³-hybridized carbons (Fsp3) is 0.0526. The maximum atomic E-state index is 14.1. The average molecular weight is 388 g/mol. The van der Waals surface area contributed by atoms with E-state index in [1.165, 1.54) is 19.1 Å². The molecule has 0 radical (unpaired) electrons. The Kier molecular flexibility index (Phi) is 4.67. The summed E-state index contributed by atoms with van der Waals surface area (Å²) in [5.74, 6) is -14.8. The fourth-order valence-corrected chi connectivity index (χ4v) is 2.63. The molecule has 0 spiro atoms. The van der Waals surface area contributed by atoms with E-state index in [1.807, 2.05) is 0 Å². The smallest absolute Gasteiger partial charge is 0.198 e. The average Bonchev–Trinajstić information content (AvgIpc) is 2.65. The lowest BCUT2D eigenvalue weighted by atomic mass is 9.94. The lowest BCUT2D eigenvalue weighted by Crippen LogP contribution is -2.01. The van der Waals surface area contributed by atoms with Crippen LogP contribution in [0.2, 0.25) is 0 Å². The van der Waals surface area contributed by atoms with Gasteiger partial charge in [-0.15, -0.1) is 0 Å². The Morgan fingerprint density at radius 1 is 0.481 bits per heavy atom.